The number of nitrogens with two attached hydrogens (primary N) is 1. The molecule has 1 aromatic carbocycles. The minimum absolute atomic E-state index is 0.00624. The predicted molar refractivity (Wildman–Crippen MR) is 149 cm³/mol. The van der Waals surface area contributed by atoms with Gasteiger partial charge in [0, 0.05) is 72.9 Å². The van der Waals surface area contributed by atoms with Crippen molar-refractivity contribution in [3.8, 4) is 0 Å². The summed E-state index contributed by atoms with van der Waals surface area (Å²) in [7, 11) is 1.71. The van der Waals surface area contributed by atoms with Crippen molar-refractivity contribution < 1.29 is 14.6 Å². The number of methoxy groups -OCH3 is 1. The fraction of sp³-hybridized carbons (Fsp3) is 0.679. The molecule has 1 heterocycles. The van der Waals surface area contributed by atoms with Crippen LogP contribution in [0.3, 0.4) is 0 Å². The Morgan fingerprint density at radius 2 is 1.97 bits per heavy atom. The summed E-state index contributed by atoms with van der Waals surface area (Å²) in [5.74, 6) is -0.138. The van der Waals surface area contributed by atoms with E-state index >= 15 is 0 Å². The average molecular weight is 523 g/mol. The van der Waals surface area contributed by atoms with Crippen molar-refractivity contribution in [2.24, 2.45) is 17.6 Å². The molecule has 0 saturated heterocycles. The van der Waals surface area contributed by atoms with Gasteiger partial charge in [0.1, 0.15) is 0 Å². The molecule has 1 aromatic heterocycles. The van der Waals surface area contributed by atoms with Gasteiger partial charge >= 0.3 is 0 Å². The van der Waals surface area contributed by atoms with E-state index in [9.17, 15) is 9.90 Å². The smallest absolute Gasteiger partial charge is 0.223 e. The Bertz CT molecular complexity index is 946. The van der Waals surface area contributed by atoms with Gasteiger partial charge in [0.2, 0.25) is 5.91 Å². The largest absolute Gasteiger partial charge is 0.391 e. The summed E-state index contributed by atoms with van der Waals surface area (Å²) in [5.41, 5.74) is 8.79. The van der Waals surface area contributed by atoms with E-state index in [4.69, 9.17) is 22.1 Å². The van der Waals surface area contributed by atoms with Crippen molar-refractivity contribution in [2.45, 2.75) is 85.2 Å². The number of amides is 1. The second-order valence-electron chi connectivity index (χ2n) is 10.5. The molecule has 36 heavy (non-hydrogen) atoms. The van der Waals surface area contributed by atoms with Crippen molar-refractivity contribution in [3.63, 3.8) is 0 Å². The Hall–Kier alpha value is -1.64. The van der Waals surface area contributed by atoms with E-state index in [1.807, 2.05) is 32.0 Å². The Morgan fingerprint density at radius 1 is 1.25 bits per heavy atom. The van der Waals surface area contributed by atoms with Crippen molar-refractivity contribution in [1.82, 2.24) is 14.8 Å². The molecule has 7 nitrogen and oxygen atoms in total. The normalized spacial score (nSPS) is 14.7. The van der Waals surface area contributed by atoms with Gasteiger partial charge < -0.3 is 25.5 Å². The Balaban J connectivity index is 2.14. The predicted octanol–water partition coefficient (Wildman–Crippen LogP) is 4.42. The molecule has 0 aliphatic heterocycles. The van der Waals surface area contributed by atoms with E-state index in [1.54, 1.807) is 7.11 Å². The quantitative estimate of drug-likeness (QED) is 0.284. The summed E-state index contributed by atoms with van der Waals surface area (Å²) < 4.78 is 7.62. The fourth-order valence-electron chi connectivity index (χ4n) is 4.57. The van der Waals surface area contributed by atoms with Gasteiger partial charge in [0.25, 0.3) is 0 Å². The lowest BCUT2D eigenvalue weighted by molar-refractivity contribution is -0.127. The van der Waals surface area contributed by atoms with Gasteiger partial charge in [0.15, 0.2) is 0 Å². The van der Waals surface area contributed by atoms with Crippen LogP contribution in [0.15, 0.2) is 24.3 Å². The zero-order chi connectivity index (χ0) is 26.8. The van der Waals surface area contributed by atoms with Crippen LogP contribution in [0.1, 0.15) is 59.6 Å². The van der Waals surface area contributed by atoms with Gasteiger partial charge in [-0.3, -0.25) is 9.69 Å². The van der Waals surface area contributed by atoms with E-state index < -0.39 is 12.1 Å². The average Bonchev–Trinajstić information content (AvgIpc) is 3.15. The first-order valence-corrected chi connectivity index (χ1v) is 13.7. The molecule has 0 radical (unpaired) electrons. The summed E-state index contributed by atoms with van der Waals surface area (Å²) in [6.07, 6.45) is 1.57. The van der Waals surface area contributed by atoms with E-state index in [-0.39, 0.29) is 23.8 Å². The highest BCUT2D eigenvalue weighted by atomic mass is 35.5. The highest BCUT2D eigenvalue weighted by Gasteiger charge is 2.29. The third-order valence-electron chi connectivity index (χ3n) is 6.97. The lowest BCUT2D eigenvalue weighted by atomic mass is 9.87. The van der Waals surface area contributed by atoms with Crippen LogP contribution < -0.4 is 11.1 Å². The number of fused-ring (bicyclic) bond motifs is 1. The number of rotatable bonds is 16. The number of aliphatic hydroxyl groups is 1. The minimum atomic E-state index is -0.770. The highest BCUT2D eigenvalue weighted by molar-refractivity contribution is 6.31. The number of nitrogens with zero attached hydrogens (tertiary/aromatic N) is 2. The number of hydrogen-bond donors (Lipinski definition) is 3. The molecule has 2 aromatic rings. The van der Waals surface area contributed by atoms with Gasteiger partial charge in [-0.2, -0.15) is 0 Å². The molecular formula is C28H47ClN4O3. The first-order valence-electron chi connectivity index (χ1n) is 13.3. The molecule has 204 valence electrons. The number of unbranched alkanes of at least 4 members (excludes halogenated alkanes) is 1. The van der Waals surface area contributed by atoms with Crippen LogP contribution >= 0.6 is 11.6 Å². The third-order valence-corrected chi connectivity index (χ3v) is 7.20. The molecule has 1 amide bonds. The van der Waals surface area contributed by atoms with E-state index in [2.05, 4.69) is 41.6 Å². The van der Waals surface area contributed by atoms with Crippen LogP contribution in [0, 0.1) is 11.8 Å². The standard InChI is InChI=1S/C28H47ClN4O3/c1-7-8-11-31-28(35)24(19(2)3)16-27(34)25(30)18-32(20(4)5)17-23-15-21-14-22(29)9-10-26(21)33(23)12-13-36-6/h9-10,14-15,19-20,24-25,27,34H,7-8,11-13,16-18,30H2,1-6H3,(H,31,35)/t24-,25-,27-/m0/s1. The fourth-order valence-corrected chi connectivity index (χ4v) is 4.75. The first kappa shape index (κ1) is 30.6. The Morgan fingerprint density at radius 3 is 2.58 bits per heavy atom. The molecule has 0 fully saturated rings. The van der Waals surface area contributed by atoms with Crippen molar-refractivity contribution in [2.75, 3.05) is 26.8 Å². The monoisotopic (exact) mass is 522 g/mol. The molecular weight excluding hydrogens is 476 g/mol. The zero-order valence-electron chi connectivity index (χ0n) is 23.0. The second kappa shape index (κ2) is 14.9. The van der Waals surface area contributed by atoms with E-state index in [1.165, 1.54) is 0 Å². The molecule has 4 N–H and O–H groups in total. The number of hydrogen-bond acceptors (Lipinski definition) is 5. The lowest BCUT2D eigenvalue weighted by Crippen LogP contribution is -2.49. The SMILES string of the molecule is CCCCNC(=O)[C@@H](C[C@H](O)[C@@H](N)CN(Cc1cc2cc(Cl)ccc2n1CCOC)C(C)C)C(C)C. The van der Waals surface area contributed by atoms with Crippen LogP contribution in [0.25, 0.3) is 10.9 Å². The van der Waals surface area contributed by atoms with Crippen LogP contribution in [0.5, 0.6) is 0 Å². The topological polar surface area (TPSA) is 92.7 Å². The van der Waals surface area contributed by atoms with Crippen molar-refractivity contribution in [3.05, 3.63) is 35.0 Å². The van der Waals surface area contributed by atoms with Crippen LogP contribution in [-0.4, -0.2) is 65.5 Å². The Labute approximate surface area is 222 Å². The molecule has 0 spiro atoms. The summed E-state index contributed by atoms with van der Waals surface area (Å²) in [6, 6.07) is 7.86. The first-order chi connectivity index (χ1) is 17.1. The molecule has 8 heteroatoms. The molecule has 0 aliphatic carbocycles. The molecule has 0 saturated carbocycles. The Kier molecular flexibility index (Phi) is 12.7. The molecule has 3 atom stereocenters. The third kappa shape index (κ3) is 8.73. The minimum Gasteiger partial charge on any atom is -0.391 e. The van der Waals surface area contributed by atoms with Crippen molar-refractivity contribution >= 4 is 28.4 Å². The van der Waals surface area contributed by atoms with Crippen molar-refractivity contribution in [1.29, 1.82) is 0 Å². The van der Waals surface area contributed by atoms with Gasteiger partial charge in [-0.15, -0.1) is 0 Å². The van der Waals surface area contributed by atoms with Crippen LogP contribution in [0.2, 0.25) is 5.02 Å². The highest BCUT2D eigenvalue weighted by Crippen LogP contribution is 2.26. The summed E-state index contributed by atoms with van der Waals surface area (Å²) in [6.45, 7) is 13.6. The van der Waals surface area contributed by atoms with E-state index in [0.29, 0.717) is 37.7 Å². The summed E-state index contributed by atoms with van der Waals surface area (Å²) >= 11 is 6.25. The number of nitrogens with one attached hydrogen (secondary N) is 1. The lowest BCUT2D eigenvalue weighted by Gasteiger charge is -2.33. The van der Waals surface area contributed by atoms with Gasteiger partial charge in [-0.1, -0.05) is 38.8 Å². The maximum absolute atomic E-state index is 12.7. The number of aliphatic hydroxyl groups excluding tert-OH is 1. The number of benzene rings is 1. The molecule has 0 bridgehead atoms. The van der Waals surface area contributed by atoms with Crippen LogP contribution in [-0.2, 0) is 22.6 Å². The second-order valence-corrected chi connectivity index (χ2v) is 10.9. The number of ether oxygens (including phenoxy) is 1. The maximum Gasteiger partial charge on any atom is 0.223 e. The molecule has 0 unspecified atom stereocenters. The molecule has 0 aliphatic rings. The number of halogens is 1. The zero-order valence-corrected chi connectivity index (χ0v) is 23.7. The van der Waals surface area contributed by atoms with Crippen LogP contribution in [0.4, 0.5) is 0 Å². The van der Waals surface area contributed by atoms with Gasteiger partial charge in [-0.25, -0.2) is 0 Å². The molecule has 2 rings (SSSR count). The van der Waals surface area contributed by atoms with E-state index in [0.717, 1.165) is 36.0 Å². The number of aromatic nitrogens is 1. The number of carbonyl (C=O) groups excluding carboxylic acids is 1. The summed E-state index contributed by atoms with van der Waals surface area (Å²) in [5, 5.41) is 15.8. The maximum atomic E-state index is 12.7. The van der Waals surface area contributed by atoms with Gasteiger partial charge in [0.05, 0.1) is 12.7 Å². The van der Waals surface area contributed by atoms with Gasteiger partial charge in [-0.05, 0) is 56.9 Å². The number of carbonyl (C=O) groups is 1. The summed E-state index contributed by atoms with van der Waals surface area (Å²) in [4.78, 5) is 15.0.